The Morgan fingerprint density at radius 2 is 1.56 bits per heavy atom. The Morgan fingerprint density at radius 3 is 2.22 bits per heavy atom. The van der Waals surface area contributed by atoms with Crippen LogP contribution in [0.5, 0.6) is 5.75 Å². The number of hydrogen-bond donors (Lipinski definition) is 3. The molecule has 9 nitrogen and oxygen atoms in total. The molecule has 4 rings (SSSR count). The zero-order valence-corrected chi connectivity index (χ0v) is 20.3. The van der Waals surface area contributed by atoms with Gasteiger partial charge in [-0.25, -0.2) is 9.83 Å². The summed E-state index contributed by atoms with van der Waals surface area (Å²) in [6.45, 7) is 14.8. The summed E-state index contributed by atoms with van der Waals surface area (Å²) in [6.07, 6.45) is 1.73. The van der Waals surface area contributed by atoms with Gasteiger partial charge in [-0.1, -0.05) is 38.1 Å². The van der Waals surface area contributed by atoms with Crippen LogP contribution >= 0.6 is 0 Å². The van der Waals surface area contributed by atoms with E-state index in [4.69, 9.17) is 6.57 Å². The molecule has 2 aromatic carbocycles. The van der Waals surface area contributed by atoms with Gasteiger partial charge >= 0.3 is 0 Å². The highest BCUT2D eigenvalue weighted by molar-refractivity contribution is 6.30. The molecule has 1 heterocycles. The van der Waals surface area contributed by atoms with Gasteiger partial charge in [-0.2, -0.15) is 0 Å². The SMILES string of the molecule is [C-]#[N+]c1c(NCCC)nc(NCCC)c(N=Nc2cccc3c2C(=O)c2c(O)cccc2C3=O)c1C. The summed E-state index contributed by atoms with van der Waals surface area (Å²) in [4.78, 5) is 34.7. The minimum absolute atomic E-state index is 0.0394. The fourth-order valence-electron chi connectivity index (χ4n) is 4.07. The molecule has 0 saturated carbocycles. The van der Waals surface area contributed by atoms with Gasteiger partial charge in [0.1, 0.15) is 17.3 Å². The number of fused-ring (bicyclic) bond motifs is 2. The van der Waals surface area contributed by atoms with Gasteiger partial charge in [-0.05, 0) is 37.5 Å². The smallest absolute Gasteiger partial charge is 0.233 e. The molecular weight excluding hydrogens is 456 g/mol. The second-order valence-corrected chi connectivity index (χ2v) is 8.35. The molecule has 0 radical (unpaired) electrons. The first-order valence-electron chi connectivity index (χ1n) is 11.8. The summed E-state index contributed by atoms with van der Waals surface area (Å²) in [5.74, 6) is -0.165. The lowest BCUT2D eigenvalue weighted by atomic mass is 9.83. The van der Waals surface area contributed by atoms with Gasteiger partial charge in [0.2, 0.25) is 5.69 Å². The highest BCUT2D eigenvalue weighted by Gasteiger charge is 2.33. The second kappa shape index (κ2) is 10.4. The monoisotopic (exact) mass is 482 g/mol. The van der Waals surface area contributed by atoms with Crippen molar-refractivity contribution < 1.29 is 14.7 Å². The summed E-state index contributed by atoms with van der Waals surface area (Å²) in [5, 5.41) is 25.5. The van der Waals surface area contributed by atoms with Gasteiger partial charge in [-0.15, -0.1) is 10.2 Å². The first-order valence-corrected chi connectivity index (χ1v) is 11.8. The normalized spacial score (nSPS) is 12.3. The van der Waals surface area contributed by atoms with Crippen molar-refractivity contribution in [1.82, 2.24) is 4.98 Å². The van der Waals surface area contributed by atoms with E-state index in [-0.39, 0.29) is 39.5 Å². The molecule has 1 aromatic heterocycles. The molecule has 0 fully saturated rings. The number of rotatable bonds is 8. The Kier molecular flexibility index (Phi) is 7.06. The number of azo groups is 1. The molecule has 0 saturated heterocycles. The standard InChI is InChI=1S/C27H26N6O3/c1-5-13-29-26-22(28-4)15(3)23(27(31-26)30-14-6-2)33-32-18-11-7-9-16-20(18)25(36)21-17(24(16)35)10-8-12-19(21)34/h7-12,34H,5-6,13-14H2,1-3H3,(H2,29,30,31). The number of carbonyl (C=O) groups is 2. The van der Waals surface area contributed by atoms with E-state index in [1.54, 1.807) is 25.1 Å². The molecular formula is C27H26N6O3. The van der Waals surface area contributed by atoms with E-state index in [2.05, 4.69) is 30.7 Å². The topological polar surface area (TPSA) is 120 Å². The van der Waals surface area contributed by atoms with Gasteiger partial charge in [0.05, 0.1) is 23.4 Å². The lowest BCUT2D eigenvalue weighted by Crippen LogP contribution is -2.21. The Bertz CT molecular complexity index is 1440. The number of aromatic nitrogens is 1. The molecule has 0 bridgehead atoms. The van der Waals surface area contributed by atoms with Crippen molar-refractivity contribution in [3.8, 4) is 5.75 Å². The van der Waals surface area contributed by atoms with E-state index in [1.807, 2.05) is 13.8 Å². The highest BCUT2D eigenvalue weighted by atomic mass is 16.3. The quantitative estimate of drug-likeness (QED) is 0.195. The van der Waals surface area contributed by atoms with Crippen molar-refractivity contribution in [2.75, 3.05) is 23.7 Å². The van der Waals surface area contributed by atoms with Gasteiger partial charge in [0.25, 0.3) is 0 Å². The summed E-state index contributed by atoms with van der Waals surface area (Å²) < 4.78 is 0. The van der Waals surface area contributed by atoms with Crippen LogP contribution in [0.4, 0.5) is 28.7 Å². The predicted octanol–water partition coefficient (Wildman–Crippen LogP) is 6.48. The van der Waals surface area contributed by atoms with Gasteiger partial charge in [0, 0.05) is 24.2 Å². The van der Waals surface area contributed by atoms with Crippen LogP contribution in [0.1, 0.15) is 64.1 Å². The first-order chi connectivity index (χ1) is 17.4. The molecule has 182 valence electrons. The van der Waals surface area contributed by atoms with Crippen molar-refractivity contribution in [2.24, 2.45) is 10.2 Å². The average molecular weight is 483 g/mol. The van der Waals surface area contributed by atoms with Crippen LogP contribution in [0, 0.1) is 13.5 Å². The lowest BCUT2D eigenvalue weighted by Gasteiger charge is -2.19. The van der Waals surface area contributed by atoms with E-state index >= 15 is 0 Å². The fourth-order valence-corrected chi connectivity index (χ4v) is 4.07. The van der Waals surface area contributed by atoms with E-state index in [0.717, 1.165) is 12.8 Å². The number of nitrogens with one attached hydrogen (secondary N) is 2. The average Bonchev–Trinajstić information content (AvgIpc) is 2.88. The van der Waals surface area contributed by atoms with Crippen molar-refractivity contribution in [3.05, 3.63) is 75.6 Å². The van der Waals surface area contributed by atoms with Gasteiger partial charge < -0.3 is 15.7 Å². The molecule has 1 aliphatic carbocycles. The van der Waals surface area contributed by atoms with Crippen LogP contribution in [0.25, 0.3) is 4.85 Å². The number of nitrogens with zero attached hydrogens (tertiary/aromatic N) is 4. The minimum Gasteiger partial charge on any atom is -0.507 e. The lowest BCUT2D eigenvalue weighted by molar-refractivity contribution is 0.0977. The molecule has 9 heteroatoms. The maximum Gasteiger partial charge on any atom is 0.233 e. The maximum atomic E-state index is 13.3. The maximum absolute atomic E-state index is 13.3. The molecule has 3 aromatic rings. The van der Waals surface area contributed by atoms with E-state index < -0.39 is 5.78 Å². The first kappa shape index (κ1) is 24.5. The minimum atomic E-state index is -0.493. The summed E-state index contributed by atoms with van der Waals surface area (Å²) >= 11 is 0. The number of phenolic OH excluding ortho intramolecular Hbond substituents is 1. The zero-order valence-electron chi connectivity index (χ0n) is 20.3. The molecule has 0 spiro atoms. The van der Waals surface area contributed by atoms with Gasteiger partial charge in [0.15, 0.2) is 17.4 Å². The second-order valence-electron chi connectivity index (χ2n) is 8.35. The Balaban J connectivity index is 1.83. The van der Waals surface area contributed by atoms with E-state index in [9.17, 15) is 14.7 Å². The van der Waals surface area contributed by atoms with Crippen LogP contribution in [-0.2, 0) is 0 Å². The number of phenols is 1. The third-order valence-corrected chi connectivity index (χ3v) is 5.87. The van der Waals surface area contributed by atoms with Crippen molar-refractivity contribution in [2.45, 2.75) is 33.6 Å². The number of carbonyl (C=O) groups excluding carboxylic acids is 2. The van der Waals surface area contributed by atoms with Crippen LogP contribution in [0.15, 0.2) is 46.6 Å². The van der Waals surface area contributed by atoms with E-state index in [1.165, 1.54) is 18.2 Å². The molecule has 0 atom stereocenters. The molecule has 0 unspecified atom stereocenters. The number of benzene rings is 2. The molecule has 0 amide bonds. The Hall–Kier alpha value is -4.58. The molecule has 36 heavy (non-hydrogen) atoms. The fraction of sp³-hybridized carbons (Fsp3) is 0.259. The van der Waals surface area contributed by atoms with Crippen molar-refractivity contribution >= 4 is 40.3 Å². The third kappa shape index (κ3) is 4.29. The van der Waals surface area contributed by atoms with Crippen LogP contribution in [0.3, 0.4) is 0 Å². The molecule has 0 aliphatic heterocycles. The highest BCUT2D eigenvalue weighted by Crippen LogP contribution is 2.41. The number of ketones is 2. The number of pyridine rings is 1. The molecule has 1 aliphatic rings. The van der Waals surface area contributed by atoms with Crippen LogP contribution in [0.2, 0.25) is 0 Å². The van der Waals surface area contributed by atoms with Gasteiger partial charge in [-0.3, -0.25) is 9.59 Å². The number of anilines is 2. The molecule has 3 N–H and O–H groups in total. The third-order valence-electron chi connectivity index (χ3n) is 5.87. The van der Waals surface area contributed by atoms with Crippen LogP contribution in [-0.4, -0.2) is 34.7 Å². The predicted molar refractivity (Wildman–Crippen MR) is 138 cm³/mol. The zero-order chi connectivity index (χ0) is 25.8. The van der Waals surface area contributed by atoms with E-state index in [0.29, 0.717) is 41.7 Å². The van der Waals surface area contributed by atoms with Crippen LogP contribution < -0.4 is 10.6 Å². The van der Waals surface area contributed by atoms with Crippen molar-refractivity contribution in [1.29, 1.82) is 0 Å². The Labute approximate surface area is 209 Å². The largest absolute Gasteiger partial charge is 0.507 e. The van der Waals surface area contributed by atoms with Crippen molar-refractivity contribution in [3.63, 3.8) is 0 Å². The number of aromatic hydroxyl groups is 1. The Morgan fingerprint density at radius 1 is 0.917 bits per heavy atom. The summed E-state index contributed by atoms with van der Waals surface area (Å²) in [6, 6.07) is 9.21. The summed E-state index contributed by atoms with van der Waals surface area (Å²) in [5.41, 5.74) is 1.92. The number of hydrogen-bond acceptors (Lipinski definition) is 8. The summed E-state index contributed by atoms with van der Waals surface area (Å²) in [7, 11) is 0.